The normalized spacial score (nSPS) is 14.1. The van der Waals surface area contributed by atoms with E-state index in [9.17, 15) is 4.79 Å². The van der Waals surface area contributed by atoms with Crippen LogP contribution < -0.4 is 4.90 Å². The van der Waals surface area contributed by atoms with Crippen LogP contribution in [-0.4, -0.2) is 44.1 Å². The number of benzene rings is 2. The van der Waals surface area contributed by atoms with Gasteiger partial charge in [-0.05, 0) is 61.9 Å². The largest absolute Gasteiger partial charge is 0.481 e. The SMILES string of the molecule is CCc1cc(-c2nc(-c3cccc4c3cnn4CCCC(=O)O)no2)ccc1N1CCCCC1. The zero-order valence-electron chi connectivity index (χ0n) is 19.4. The molecule has 0 unspecified atom stereocenters. The van der Waals surface area contributed by atoms with Crippen molar-refractivity contribution in [3.05, 3.63) is 48.2 Å². The highest BCUT2D eigenvalue weighted by molar-refractivity contribution is 5.93. The lowest BCUT2D eigenvalue weighted by molar-refractivity contribution is -0.137. The van der Waals surface area contributed by atoms with E-state index in [2.05, 4.69) is 40.3 Å². The van der Waals surface area contributed by atoms with Gasteiger partial charge in [-0.25, -0.2) is 0 Å². The number of fused-ring (bicyclic) bond motifs is 1. The van der Waals surface area contributed by atoms with Crippen LogP contribution in [0.2, 0.25) is 0 Å². The molecule has 5 rings (SSSR count). The van der Waals surface area contributed by atoms with Crippen molar-refractivity contribution in [2.24, 2.45) is 0 Å². The minimum Gasteiger partial charge on any atom is -0.481 e. The summed E-state index contributed by atoms with van der Waals surface area (Å²) >= 11 is 0. The van der Waals surface area contributed by atoms with E-state index in [-0.39, 0.29) is 6.42 Å². The van der Waals surface area contributed by atoms with E-state index in [1.54, 1.807) is 6.20 Å². The van der Waals surface area contributed by atoms with Crippen molar-refractivity contribution in [1.82, 2.24) is 19.9 Å². The van der Waals surface area contributed by atoms with Crippen LogP contribution in [0.5, 0.6) is 0 Å². The number of anilines is 1. The summed E-state index contributed by atoms with van der Waals surface area (Å²) in [6.07, 6.45) is 7.18. The van der Waals surface area contributed by atoms with Crippen LogP contribution in [0.25, 0.3) is 33.7 Å². The van der Waals surface area contributed by atoms with Gasteiger partial charge in [0.05, 0.1) is 11.7 Å². The summed E-state index contributed by atoms with van der Waals surface area (Å²) < 4.78 is 7.50. The minimum atomic E-state index is -0.799. The third-order valence-corrected chi connectivity index (χ3v) is 6.52. The molecule has 0 amide bonds. The van der Waals surface area contributed by atoms with Crippen molar-refractivity contribution in [3.8, 4) is 22.8 Å². The van der Waals surface area contributed by atoms with Gasteiger partial charge in [-0.2, -0.15) is 10.1 Å². The molecule has 0 radical (unpaired) electrons. The van der Waals surface area contributed by atoms with Gasteiger partial charge in [0.1, 0.15) is 0 Å². The summed E-state index contributed by atoms with van der Waals surface area (Å²) in [5.74, 6) is 0.219. The number of hydrogen-bond acceptors (Lipinski definition) is 6. The maximum Gasteiger partial charge on any atom is 0.303 e. The second kappa shape index (κ2) is 9.67. The van der Waals surface area contributed by atoms with Crippen LogP contribution in [0, 0.1) is 0 Å². The first kappa shape index (κ1) is 22.1. The minimum absolute atomic E-state index is 0.117. The third-order valence-electron chi connectivity index (χ3n) is 6.52. The quantitative estimate of drug-likeness (QED) is 0.388. The number of hydrogen-bond donors (Lipinski definition) is 1. The summed E-state index contributed by atoms with van der Waals surface area (Å²) in [6.45, 7) is 4.95. The number of aryl methyl sites for hydroxylation is 2. The summed E-state index contributed by atoms with van der Waals surface area (Å²) in [5.41, 5.74) is 5.30. The molecular weight excluding hydrogens is 430 g/mol. The Morgan fingerprint density at radius 3 is 2.79 bits per heavy atom. The number of piperidine rings is 1. The van der Waals surface area contributed by atoms with Crippen molar-refractivity contribution < 1.29 is 14.4 Å². The molecule has 1 aliphatic heterocycles. The fourth-order valence-electron chi connectivity index (χ4n) is 4.75. The van der Waals surface area contributed by atoms with E-state index >= 15 is 0 Å². The van der Waals surface area contributed by atoms with Gasteiger partial charge in [-0.1, -0.05) is 24.2 Å². The Morgan fingerprint density at radius 2 is 2.00 bits per heavy atom. The van der Waals surface area contributed by atoms with Crippen molar-refractivity contribution in [3.63, 3.8) is 0 Å². The number of carboxylic acid groups (broad SMARTS) is 1. The molecule has 1 fully saturated rings. The van der Waals surface area contributed by atoms with Gasteiger partial charge >= 0.3 is 5.97 Å². The number of aromatic nitrogens is 4. The summed E-state index contributed by atoms with van der Waals surface area (Å²) in [4.78, 5) is 18.0. The van der Waals surface area contributed by atoms with E-state index in [4.69, 9.17) is 14.6 Å². The number of carbonyl (C=O) groups is 1. The van der Waals surface area contributed by atoms with Gasteiger partial charge in [0.25, 0.3) is 5.89 Å². The Hall–Kier alpha value is -3.68. The molecule has 4 aromatic rings. The molecule has 176 valence electrons. The lowest BCUT2D eigenvalue weighted by Crippen LogP contribution is -2.30. The molecule has 1 N–H and O–H groups in total. The van der Waals surface area contributed by atoms with E-state index in [0.717, 1.165) is 41.5 Å². The average molecular weight is 460 g/mol. The lowest BCUT2D eigenvalue weighted by atomic mass is 10.0. The van der Waals surface area contributed by atoms with Gasteiger partial charge in [-0.3, -0.25) is 9.48 Å². The third kappa shape index (κ3) is 4.40. The van der Waals surface area contributed by atoms with Crippen LogP contribution in [0.3, 0.4) is 0 Å². The average Bonchev–Trinajstić information content (AvgIpc) is 3.52. The van der Waals surface area contributed by atoms with Crippen molar-refractivity contribution >= 4 is 22.6 Å². The summed E-state index contributed by atoms with van der Waals surface area (Å²) in [6, 6.07) is 12.3. The van der Waals surface area contributed by atoms with Gasteiger partial charge in [-0.15, -0.1) is 0 Å². The first-order valence-corrected chi connectivity index (χ1v) is 12.0. The molecule has 1 saturated heterocycles. The Kier molecular flexibility index (Phi) is 6.29. The maximum absolute atomic E-state index is 10.8. The van der Waals surface area contributed by atoms with Gasteiger partial charge in [0.15, 0.2) is 0 Å². The predicted molar refractivity (Wildman–Crippen MR) is 131 cm³/mol. The second-order valence-electron chi connectivity index (χ2n) is 8.77. The molecule has 3 heterocycles. The van der Waals surface area contributed by atoms with Gasteiger partial charge in [0, 0.05) is 48.3 Å². The Bertz CT molecular complexity index is 1300. The Morgan fingerprint density at radius 1 is 1.15 bits per heavy atom. The summed E-state index contributed by atoms with van der Waals surface area (Å²) in [7, 11) is 0. The molecule has 0 bridgehead atoms. The lowest BCUT2D eigenvalue weighted by Gasteiger charge is -2.30. The van der Waals surface area contributed by atoms with Crippen LogP contribution in [0.4, 0.5) is 5.69 Å². The van der Waals surface area contributed by atoms with Crippen molar-refractivity contribution in [2.75, 3.05) is 18.0 Å². The predicted octanol–water partition coefficient (Wildman–Crippen LogP) is 5.17. The first-order chi connectivity index (χ1) is 16.6. The van der Waals surface area contributed by atoms with Crippen LogP contribution in [0.1, 0.15) is 44.6 Å². The monoisotopic (exact) mass is 459 g/mol. The van der Waals surface area contributed by atoms with Crippen LogP contribution in [-0.2, 0) is 17.8 Å². The summed E-state index contributed by atoms with van der Waals surface area (Å²) in [5, 5.41) is 18.5. The molecule has 1 aliphatic rings. The van der Waals surface area contributed by atoms with Gasteiger partial charge in [0.2, 0.25) is 5.82 Å². The fraction of sp³-hybridized carbons (Fsp3) is 0.385. The highest BCUT2D eigenvalue weighted by atomic mass is 16.5. The van der Waals surface area contributed by atoms with E-state index in [1.807, 2.05) is 22.9 Å². The second-order valence-corrected chi connectivity index (χ2v) is 8.77. The smallest absolute Gasteiger partial charge is 0.303 e. The number of nitrogens with zero attached hydrogens (tertiary/aromatic N) is 5. The molecule has 2 aromatic carbocycles. The molecule has 0 spiro atoms. The molecular formula is C26H29N5O3. The highest BCUT2D eigenvalue weighted by Crippen LogP contribution is 2.32. The molecule has 34 heavy (non-hydrogen) atoms. The topological polar surface area (TPSA) is 97.3 Å². The van der Waals surface area contributed by atoms with Crippen molar-refractivity contribution in [2.45, 2.75) is 52.0 Å². The van der Waals surface area contributed by atoms with Gasteiger partial charge < -0.3 is 14.5 Å². The Balaban J connectivity index is 1.42. The number of carboxylic acids is 1. The standard InChI is InChI=1S/C26H29N5O3/c1-2-18-16-19(11-12-22(18)30-13-4-3-5-14-30)26-28-25(29-34-26)20-8-6-9-23-21(20)17-27-31(23)15-7-10-24(32)33/h6,8-9,11-12,16-17H,2-5,7,10,13-15H2,1H3,(H,32,33). The Labute approximate surface area is 198 Å². The van der Waals surface area contributed by atoms with Crippen LogP contribution in [0.15, 0.2) is 47.1 Å². The maximum atomic E-state index is 10.8. The molecule has 0 saturated carbocycles. The molecule has 8 nitrogen and oxygen atoms in total. The van der Waals surface area contributed by atoms with Crippen LogP contribution >= 0.6 is 0 Å². The first-order valence-electron chi connectivity index (χ1n) is 12.0. The molecule has 0 atom stereocenters. The molecule has 0 aliphatic carbocycles. The zero-order valence-corrected chi connectivity index (χ0v) is 19.4. The van der Waals surface area contributed by atoms with Crippen molar-refractivity contribution in [1.29, 1.82) is 0 Å². The molecule has 2 aromatic heterocycles. The zero-order chi connectivity index (χ0) is 23.5. The highest BCUT2D eigenvalue weighted by Gasteiger charge is 2.18. The number of aliphatic carboxylic acids is 1. The van der Waals surface area contributed by atoms with E-state index < -0.39 is 5.97 Å². The molecule has 8 heteroatoms. The number of rotatable bonds is 8. The van der Waals surface area contributed by atoms with E-state index in [1.165, 1.54) is 30.5 Å². The fourth-order valence-corrected chi connectivity index (χ4v) is 4.75. The van der Waals surface area contributed by atoms with E-state index in [0.29, 0.717) is 24.7 Å².